The molecular formula is C18H15N3O3. The van der Waals surface area contributed by atoms with Crippen LogP contribution in [-0.2, 0) is 0 Å². The molecule has 0 amide bonds. The Balaban J connectivity index is 2.19. The zero-order valence-electron chi connectivity index (χ0n) is 13.5. The standard InChI is InChI=1S/C18H15N3O3/c1-10-4-5-13-12(6-10)18(22)21-9-19-14-8-16(24-3)15(23-2)7-11(14)17(21)20-13/h4-9H,1-3H3. The molecule has 0 aliphatic carbocycles. The normalized spacial score (nSPS) is 11.3. The molecule has 0 saturated heterocycles. The van der Waals surface area contributed by atoms with Crippen LogP contribution in [0.1, 0.15) is 5.56 Å². The van der Waals surface area contributed by atoms with Gasteiger partial charge >= 0.3 is 0 Å². The third-order valence-corrected chi connectivity index (χ3v) is 4.11. The Bertz CT molecular complexity index is 1170. The summed E-state index contributed by atoms with van der Waals surface area (Å²) in [5.41, 5.74) is 2.77. The highest BCUT2D eigenvalue weighted by Gasteiger charge is 2.13. The zero-order valence-corrected chi connectivity index (χ0v) is 13.5. The first-order chi connectivity index (χ1) is 11.6. The number of benzene rings is 2. The fraction of sp³-hybridized carbons (Fsp3) is 0.167. The Labute approximate surface area is 137 Å². The van der Waals surface area contributed by atoms with E-state index in [4.69, 9.17) is 9.47 Å². The Morgan fingerprint density at radius 3 is 2.46 bits per heavy atom. The summed E-state index contributed by atoms with van der Waals surface area (Å²) >= 11 is 0. The van der Waals surface area contributed by atoms with Crippen LogP contribution in [-0.4, -0.2) is 28.6 Å². The summed E-state index contributed by atoms with van der Waals surface area (Å²) in [7, 11) is 3.14. The van der Waals surface area contributed by atoms with E-state index in [0.717, 1.165) is 10.9 Å². The van der Waals surface area contributed by atoms with Crippen molar-refractivity contribution in [2.45, 2.75) is 6.92 Å². The molecule has 0 bridgehead atoms. The highest BCUT2D eigenvalue weighted by molar-refractivity contribution is 5.95. The van der Waals surface area contributed by atoms with E-state index >= 15 is 0 Å². The van der Waals surface area contributed by atoms with Gasteiger partial charge in [0.25, 0.3) is 5.56 Å². The lowest BCUT2D eigenvalue weighted by Crippen LogP contribution is -2.16. The molecule has 6 nitrogen and oxygen atoms in total. The largest absolute Gasteiger partial charge is 0.493 e. The summed E-state index contributed by atoms with van der Waals surface area (Å²) in [6, 6.07) is 9.22. The first-order valence-corrected chi connectivity index (χ1v) is 7.46. The lowest BCUT2D eigenvalue weighted by molar-refractivity contribution is 0.356. The molecule has 0 saturated carbocycles. The van der Waals surface area contributed by atoms with Gasteiger partial charge in [-0.15, -0.1) is 0 Å². The Hall–Kier alpha value is -3.15. The van der Waals surface area contributed by atoms with Crippen molar-refractivity contribution < 1.29 is 9.47 Å². The second kappa shape index (κ2) is 5.19. The fourth-order valence-electron chi connectivity index (χ4n) is 2.88. The number of aryl methyl sites for hydroxylation is 1. The summed E-state index contributed by atoms with van der Waals surface area (Å²) < 4.78 is 12.1. The molecule has 4 rings (SSSR count). The second-order valence-corrected chi connectivity index (χ2v) is 5.60. The first-order valence-electron chi connectivity index (χ1n) is 7.46. The number of ether oxygens (including phenoxy) is 2. The Morgan fingerprint density at radius 2 is 1.71 bits per heavy atom. The highest BCUT2D eigenvalue weighted by Crippen LogP contribution is 2.32. The maximum atomic E-state index is 12.8. The summed E-state index contributed by atoms with van der Waals surface area (Å²) in [6.07, 6.45) is 1.50. The highest BCUT2D eigenvalue weighted by atomic mass is 16.5. The molecule has 0 atom stereocenters. The fourth-order valence-corrected chi connectivity index (χ4v) is 2.88. The molecule has 4 aromatic rings. The van der Waals surface area contributed by atoms with E-state index in [9.17, 15) is 4.79 Å². The minimum absolute atomic E-state index is 0.136. The Morgan fingerprint density at radius 1 is 0.958 bits per heavy atom. The number of fused-ring (bicyclic) bond motifs is 4. The number of rotatable bonds is 2. The Kier molecular flexibility index (Phi) is 3.13. The van der Waals surface area contributed by atoms with Crippen LogP contribution in [0.25, 0.3) is 27.5 Å². The molecule has 0 radical (unpaired) electrons. The number of nitrogens with zero attached hydrogens (tertiary/aromatic N) is 3. The summed E-state index contributed by atoms with van der Waals surface area (Å²) in [4.78, 5) is 21.8. The van der Waals surface area contributed by atoms with Crippen molar-refractivity contribution in [2.24, 2.45) is 0 Å². The monoisotopic (exact) mass is 321 g/mol. The molecule has 2 heterocycles. The van der Waals surface area contributed by atoms with Crippen molar-refractivity contribution in [2.75, 3.05) is 14.2 Å². The van der Waals surface area contributed by atoms with Gasteiger partial charge in [0.1, 0.15) is 6.33 Å². The van der Waals surface area contributed by atoms with Crippen LogP contribution in [0.3, 0.4) is 0 Å². The van der Waals surface area contributed by atoms with Gasteiger partial charge in [-0.3, -0.25) is 4.79 Å². The van der Waals surface area contributed by atoms with Crippen LogP contribution in [0.15, 0.2) is 41.5 Å². The van der Waals surface area contributed by atoms with Gasteiger partial charge in [0.2, 0.25) is 0 Å². The third-order valence-electron chi connectivity index (χ3n) is 4.11. The van der Waals surface area contributed by atoms with Crippen LogP contribution in [0.4, 0.5) is 0 Å². The van der Waals surface area contributed by atoms with Crippen molar-refractivity contribution in [3.63, 3.8) is 0 Å². The maximum absolute atomic E-state index is 12.8. The first kappa shape index (κ1) is 14.4. The number of hydrogen-bond acceptors (Lipinski definition) is 5. The third kappa shape index (κ3) is 2.00. The van der Waals surface area contributed by atoms with Crippen molar-refractivity contribution in [1.82, 2.24) is 14.4 Å². The van der Waals surface area contributed by atoms with Gasteiger partial charge < -0.3 is 9.47 Å². The molecule has 0 spiro atoms. The minimum atomic E-state index is -0.136. The van der Waals surface area contributed by atoms with Gasteiger partial charge in [-0.05, 0) is 25.1 Å². The topological polar surface area (TPSA) is 65.7 Å². The molecule has 0 aliphatic heterocycles. The molecule has 2 aromatic carbocycles. The van der Waals surface area contributed by atoms with Gasteiger partial charge in [0.15, 0.2) is 17.1 Å². The molecule has 0 fully saturated rings. The minimum Gasteiger partial charge on any atom is -0.493 e. The predicted molar refractivity (Wildman–Crippen MR) is 92.1 cm³/mol. The molecule has 2 aromatic heterocycles. The molecule has 0 N–H and O–H groups in total. The second-order valence-electron chi connectivity index (χ2n) is 5.60. The van der Waals surface area contributed by atoms with Gasteiger partial charge in [-0.1, -0.05) is 11.6 Å². The van der Waals surface area contributed by atoms with E-state index < -0.39 is 0 Å². The van der Waals surface area contributed by atoms with E-state index in [1.54, 1.807) is 26.4 Å². The van der Waals surface area contributed by atoms with Gasteiger partial charge in [0.05, 0.1) is 30.6 Å². The molecule has 6 heteroatoms. The summed E-state index contributed by atoms with van der Waals surface area (Å²) in [5, 5.41) is 1.31. The number of hydrogen-bond donors (Lipinski definition) is 0. The predicted octanol–water partition coefficient (Wildman–Crippen LogP) is 2.72. The van der Waals surface area contributed by atoms with Gasteiger partial charge in [-0.25, -0.2) is 14.4 Å². The number of methoxy groups -OCH3 is 2. The van der Waals surface area contributed by atoms with Crippen LogP contribution >= 0.6 is 0 Å². The average Bonchev–Trinajstić information content (AvgIpc) is 2.61. The van der Waals surface area contributed by atoms with Crippen molar-refractivity contribution in [3.8, 4) is 11.5 Å². The van der Waals surface area contributed by atoms with E-state index in [1.807, 2.05) is 25.1 Å². The SMILES string of the molecule is COc1cc2ncn3c(=O)c4cc(C)ccc4nc3c2cc1OC. The molecule has 0 unspecified atom stereocenters. The summed E-state index contributed by atoms with van der Waals surface area (Å²) in [6.45, 7) is 1.95. The lowest BCUT2D eigenvalue weighted by Gasteiger charge is -2.11. The quantitative estimate of drug-likeness (QED) is 0.419. The van der Waals surface area contributed by atoms with E-state index in [-0.39, 0.29) is 5.56 Å². The van der Waals surface area contributed by atoms with Crippen molar-refractivity contribution in [3.05, 3.63) is 52.6 Å². The molecule has 24 heavy (non-hydrogen) atoms. The lowest BCUT2D eigenvalue weighted by atomic mass is 10.1. The van der Waals surface area contributed by atoms with Crippen LogP contribution in [0, 0.1) is 6.92 Å². The van der Waals surface area contributed by atoms with Crippen LogP contribution < -0.4 is 15.0 Å². The molecule has 0 aliphatic rings. The van der Waals surface area contributed by atoms with Crippen LogP contribution in [0.5, 0.6) is 11.5 Å². The van der Waals surface area contributed by atoms with Gasteiger partial charge in [-0.2, -0.15) is 0 Å². The van der Waals surface area contributed by atoms with Crippen molar-refractivity contribution >= 4 is 27.5 Å². The maximum Gasteiger partial charge on any atom is 0.266 e. The van der Waals surface area contributed by atoms with Crippen LogP contribution in [0.2, 0.25) is 0 Å². The summed E-state index contributed by atoms with van der Waals surface area (Å²) in [5.74, 6) is 1.15. The average molecular weight is 321 g/mol. The van der Waals surface area contributed by atoms with Gasteiger partial charge in [0, 0.05) is 11.5 Å². The zero-order chi connectivity index (χ0) is 16.8. The van der Waals surface area contributed by atoms with Crippen molar-refractivity contribution in [1.29, 1.82) is 0 Å². The van der Waals surface area contributed by atoms with E-state index in [1.165, 1.54) is 10.7 Å². The molecular weight excluding hydrogens is 306 g/mol. The van der Waals surface area contributed by atoms with E-state index in [2.05, 4.69) is 9.97 Å². The number of aromatic nitrogens is 3. The smallest absolute Gasteiger partial charge is 0.266 e. The molecule has 120 valence electrons. The van der Waals surface area contributed by atoms with E-state index in [0.29, 0.717) is 33.6 Å².